The summed E-state index contributed by atoms with van der Waals surface area (Å²) in [4.78, 5) is 8.30. The average molecular weight is 184 g/mol. The Kier molecular flexibility index (Phi) is 2.27. The molecule has 2 aromatic rings. The molecule has 0 radical (unpaired) electrons. The van der Waals surface area contributed by atoms with Crippen LogP contribution in [0.15, 0.2) is 36.9 Å². The van der Waals surface area contributed by atoms with Gasteiger partial charge in [0.05, 0.1) is 0 Å². The van der Waals surface area contributed by atoms with E-state index in [2.05, 4.69) is 23.0 Å². The second-order valence-electron chi connectivity index (χ2n) is 3.44. The summed E-state index contributed by atoms with van der Waals surface area (Å²) in [5.74, 6) is 0. The smallest absolute Gasteiger partial charge is 0.0349 e. The number of aromatic nitrogens is 2. The predicted octanol–water partition coefficient (Wildman–Crippen LogP) is 2.76. The van der Waals surface area contributed by atoms with Crippen molar-refractivity contribution in [2.75, 3.05) is 0 Å². The van der Waals surface area contributed by atoms with Gasteiger partial charge in [0.1, 0.15) is 0 Å². The van der Waals surface area contributed by atoms with Gasteiger partial charge in [-0.05, 0) is 37.1 Å². The van der Waals surface area contributed by atoms with Crippen molar-refractivity contribution in [1.82, 2.24) is 9.97 Å². The lowest BCUT2D eigenvalue weighted by molar-refractivity contribution is 1.24. The third kappa shape index (κ3) is 1.64. The lowest BCUT2D eigenvalue weighted by Crippen LogP contribution is -1.86. The molecular formula is C12H12N2. The molecule has 0 saturated heterocycles. The monoisotopic (exact) mass is 184 g/mol. The van der Waals surface area contributed by atoms with E-state index in [1.54, 1.807) is 0 Å². The highest BCUT2D eigenvalue weighted by Gasteiger charge is 2.01. The van der Waals surface area contributed by atoms with Crippen LogP contribution in [0.5, 0.6) is 0 Å². The third-order valence-corrected chi connectivity index (χ3v) is 2.23. The maximum absolute atomic E-state index is 4.17. The van der Waals surface area contributed by atoms with Crippen LogP contribution < -0.4 is 0 Å². The zero-order chi connectivity index (χ0) is 9.97. The summed E-state index contributed by atoms with van der Waals surface area (Å²) >= 11 is 0. The molecule has 0 aliphatic carbocycles. The molecule has 0 aromatic carbocycles. The zero-order valence-electron chi connectivity index (χ0n) is 8.36. The fourth-order valence-electron chi connectivity index (χ4n) is 1.47. The van der Waals surface area contributed by atoms with Gasteiger partial charge in [-0.2, -0.15) is 0 Å². The van der Waals surface area contributed by atoms with Gasteiger partial charge in [-0.3, -0.25) is 9.97 Å². The summed E-state index contributed by atoms with van der Waals surface area (Å²) in [6, 6.07) is 4.13. The molecule has 2 heterocycles. The Labute approximate surface area is 83.7 Å². The van der Waals surface area contributed by atoms with E-state index in [0.29, 0.717) is 0 Å². The number of aryl methyl sites for hydroxylation is 2. The first-order valence-corrected chi connectivity index (χ1v) is 4.60. The number of rotatable bonds is 1. The second-order valence-corrected chi connectivity index (χ2v) is 3.44. The molecule has 70 valence electrons. The van der Waals surface area contributed by atoms with Crippen molar-refractivity contribution in [3.8, 4) is 11.1 Å². The van der Waals surface area contributed by atoms with Crippen LogP contribution in [0.3, 0.4) is 0 Å². The highest BCUT2D eigenvalue weighted by molar-refractivity contribution is 5.65. The van der Waals surface area contributed by atoms with Crippen LogP contribution >= 0.6 is 0 Å². The van der Waals surface area contributed by atoms with Crippen LogP contribution in [0.1, 0.15) is 11.1 Å². The van der Waals surface area contributed by atoms with Crippen LogP contribution in [0, 0.1) is 13.8 Å². The van der Waals surface area contributed by atoms with E-state index in [4.69, 9.17) is 0 Å². The molecule has 2 nitrogen and oxygen atoms in total. The van der Waals surface area contributed by atoms with Crippen molar-refractivity contribution >= 4 is 0 Å². The van der Waals surface area contributed by atoms with Crippen LogP contribution in [0.4, 0.5) is 0 Å². The quantitative estimate of drug-likeness (QED) is 0.681. The molecule has 0 spiro atoms. The summed E-state index contributed by atoms with van der Waals surface area (Å²) < 4.78 is 0. The Bertz CT molecular complexity index is 450. The van der Waals surface area contributed by atoms with E-state index in [1.807, 2.05) is 37.8 Å². The third-order valence-electron chi connectivity index (χ3n) is 2.23. The summed E-state index contributed by atoms with van der Waals surface area (Å²) in [7, 11) is 0. The van der Waals surface area contributed by atoms with Crippen molar-refractivity contribution in [1.29, 1.82) is 0 Å². The molecule has 0 unspecified atom stereocenters. The van der Waals surface area contributed by atoms with Gasteiger partial charge in [0, 0.05) is 35.9 Å². The maximum Gasteiger partial charge on any atom is 0.0349 e. The van der Waals surface area contributed by atoms with E-state index in [0.717, 1.165) is 11.1 Å². The maximum atomic E-state index is 4.17. The first-order valence-electron chi connectivity index (χ1n) is 4.60. The molecule has 2 rings (SSSR count). The molecule has 0 atom stereocenters. The molecule has 0 fully saturated rings. The molecular weight excluding hydrogens is 172 g/mol. The van der Waals surface area contributed by atoms with Crippen LogP contribution in [-0.4, -0.2) is 9.97 Å². The Hall–Kier alpha value is -1.70. The molecule has 14 heavy (non-hydrogen) atoms. The molecule has 0 N–H and O–H groups in total. The van der Waals surface area contributed by atoms with E-state index < -0.39 is 0 Å². The van der Waals surface area contributed by atoms with Crippen molar-refractivity contribution in [2.45, 2.75) is 13.8 Å². The van der Waals surface area contributed by atoms with E-state index >= 15 is 0 Å². The average Bonchev–Trinajstić information content (AvgIpc) is 2.18. The SMILES string of the molecule is Cc1cncc(-c2cnccc2C)c1. The van der Waals surface area contributed by atoms with Crippen molar-refractivity contribution in [3.05, 3.63) is 48.0 Å². The van der Waals surface area contributed by atoms with Crippen LogP contribution in [-0.2, 0) is 0 Å². The molecule has 0 saturated carbocycles. The minimum absolute atomic E-state index is 1.13. The molecule has 0 aliphatic heterocycles. The number of hydrogen-bond acceptors (Lipinski definition) is 2. The van der Waals surface area contributed by atoms with Gasteiger partial charge in [0.15, 0.2) is 0 Å². The highest BCUT2D eigenvalue weighted by atomic mass is 14.6. The van der Waals surface area contributed by atoms with E-state index in [1.165, 1.54) is 11.1 Å². The summed E-state index contributed by atoms with van der Waals surface area (Å²) in [5, 5.41) is 0. The second kappa shape index (κ2) is 3.58. The van der Waals surface area contributed by atoms with Crippen LogP contribution in [0.2, 0.25) is 0 Å². The largest absolute Gasteiger partial charge is 0.264 e. The first-order chi connectivity index (χ1) is 6.77. The topological polar surface area (TPSA) is 25.8 Å². The normalized spacial score (nSPS) is 10.1. The molecule has 0 amide bonds. The minimum atomic E-state index is 1.13. The standard InChI is InChI=1S/C12H12N2/c1-9-5-11(7-14-6-9)12-8-13-4-3-10(12)2/h3-8H,1-2H3. The van der Waals surface area contributed by atoms with Gasteiger partial charge >= 0.3 is 0 Å². The van der Waals surface area contributed by atoms with Gasteiger partial charge in [0.2, 0.25) is 0 Å². The van der Waals surface area contributed by atoms with Gasteiger partial charge < -0.3 is 0 Å². The van der Waals surface area contributed by atoms with E-state index in [9.17, 15) is 0 Å². The Morgan fingerprint density at radius 1 is 1.00 bits per heavy atom. The zero-order valence-corrected chi connectivity index (χ0v) is 8.36. The van der Waals surface area contributed by atoms with Gasteiger partial charge in [-0.25, -0.2) is 0 Å². The number of pyridine rings is 2. The summed E-state index contributed by atoms with van der Waals surface area (Å²) in [5.41, 5.74) is 4.69. The molecule has 0 aliphatic rings. The van der Waals surface area contributed by atoms with Crippen molar-refractivity contribution < 1.29 is 0 Å². The van der Waals surface area contributed by atoms with Gasteiger partial charge in [0.25, 0.3) is 0 Å². The minimum Gasteiger partial charge on any atom is -0.264 e. The van der Waals surface area contributed by atoms with E-state index in [-0.39, 0.29) is 0 Å². The number of nitrogens with zero attached hydrogens (tertiary/aromatic N) is 2. The Morgan fingerprint density at radius 2 is 1.86 bits per heavy atom. The van der Waals surface area contributed by atoms with Gasteiger partial charge in [-0.1, -0.05) is 0 Å². The molecule has 2 heteroatoms. The fraction of sp³-hybridized carbons (Fsp3) is 0.167. The first kappa shape index (κ1) is 8.88. The lowest BCUT2D eigenvalue weighted by Gasteiger charge is -2.04. The highest BCUT2D eigenvalue weighted by Crippen LogP contribution is 2.21. The molecule has 2 aromatic heterocycles. The Morgan fingerprint density at radius 3 is 2.57 bits per heavy atom. The Balaban J connectivity index is 2.55. The number of hydrogen-bond donors (Lipinski definition) is 0. The van der Waals surface area contributed by atoms with Crippen molar-refractivity contribution in [2.24, 2.45) is 0 Å². The predicted molar refractivity (Wildman–Crippen MR) is 56.9 cm³/mol. The molecule has 0 bridgehead atoms. The summed E-state index contributed by atoms with van der Waals surface area (Å²) in [6.07, 6.45) is 7.42. The summed E-state index contributed by atoms with van der Waals surface area (Å²) in [6.45, 7) is 4.13. The van der Waals surface area contributed by atoms with Gasteiger partial charge in [-0.15, -0.1) is 0 Å². The van der Waals surface area contributed by atoms with Crippen molar-refractivity contribution in [3.63, 3.8) is 0 Å². The fourth-order valence-corrected chi connectivity index (χ4v) is 1.47. The van der Waals surface area contributed by atoms with Crippen LogP contribution in [0.25, 0.3) is 11.1 Å². The lowest BCUT2D eigenvalue weighted by atomic mass is 10.0.